The van der Waals surface area contributed by atoms with Crippen LogP contribution in [0, 0.1) is 0 Å². The minimum Gasteiger partial charge on any atom is -0.364 e. The second-order valence-corrected chi connectivity index (χ2v) is 3.30. The maximum absolute atomic E-state index is 4.79. The van der Waals surface area contributed by atoms with Crippen molar-refractivity contribution in [2.75, 3.05) is 20.4 Å². The van der Waals surface area contributed by atoms with Crippen molar-refractivity contribution in [3.63, 3.8) is 0 Å². The molecule has 0 aromatic heterocycles. The third kappa shape index (κ3) is 7.89. The molecule has 0 saturated heterocycles. The summed E-state index contributed by atoms with van der Waals surface area (Å²) in [4.78, 5) is 3.93. The molecule has 0 bridgehead atoms. The Balaban J connectivity index is 3.75. The molecule has 0 rings (SSSR count). The maximum atomic E-state index is 4.79. The van der Waals surface area contributed by atoms with Crippen LogP contribution >= 0.6 is 24.0 Å². The molecule has 84 valence electrons. The second-order valence-electron chi connectivity index (χ2n) is 2.09. The van der Waals surface area contributed by atoms with Crippen molar-refractivity contribution in [2.24, 2.45) is 15.2 Å². The highest BCUT2D eigenvalue weighted by Crippen LogP contribution is 1.91. The second kappa shape index (κ2) is 9.41. The third-order valence-corrected chi connectivity index (χ3v) is 2.12. The van der Waals surface area contributed by atoms with Gasteiger partial charge in [0.05, 0.1) is 12.4 Å². The van der Waals surface area contributed by atoms with Crippen molar-refractivity contribution in [1.29, 1.82) is 0 Å². The van der Waals surface area contributed by atoms with Crippen molar-refractivity contribution in [3.8, 4) is 0 Å². The van der Waals surface area contributed by atoms with Crippen LogP contribution in [0.15, 0.2) is 15.2 Å². The molecular weight excluding hydrogens is 232 g/mol. The highest BCUT2D eigenvalue weighted by atomic mass is 32.2. The van der Waals surface area contributed by atoms with Gasteiger partial charge in [-0.1, -0.05) is 11.8 Å². The average Bonchev–Trinajstić information content (AvgIpc) is 2.28. The van der Waals surface area contributed by atoms with E-state index in [4.69, 9.17) is 12.2 Å². The van der Waals surface area contributed by atoms with E-state index < -0.39 is 0 Å². The highest BCUT2D eigenvalue weighted by molar-refractivity contribution is 8.13. The van der Waals surface area contributed by atoms with Gasteiger partial charge < -0.3 is 5.32 Å². The van der Waals surface area contributed by atoms with E-state index in [9.17, 15) is 0 Å². The van der Waals surface area contributed by atoms with Gasteiger partial charge in [-0.05, 0) is 18.5 Å². The van der Waals surface area contributed by atoms with Crippen molar-refractivity contribution < 1.29 is 0 Å². The van der Waals surface area contributed by atoms with Crippen LogP contribution in [-0.2, 0) is 0 Å². The zero-order chi connectivity index (χ0) is 11.5. The van der Waals surface area contributed by atoms with E-state index in [2.05, 4.69) is 31.4 Å². The fourth-order valence-electron chi connectivity index (χ4n) is 0.498. The number of rotatable bonds is 3. The van der Waals surface area contributed by atoms with Gasteiger partial charge >= 0.3 is 0 Å². The monoisotopic (exact) mass is 246 g/mol. The van der Waals surface area contributed by atoms with E-state index >= 15 is 0 Å². The van der Waals surface area contributed by atoms with Gasteiger partial charge in [-0.15, -0.1) is 0 Å². The molecule has 0 aliphatic rings. The van der Waals surface area contributed by atoms with E-state index in [0.29, 0.717) is 5.11 Å². The van der Waals surface area contributed by atoms with Crippen LogP contribution in [0.25, 0.3) is 0 Å². The standard InChI is InChI=1S/C7H14N6S2/c1-8-6(14)12-10-4-5-11-13-7(9-2)15-3/h4-5H,1-3H3,(H,9,13)(H2,8,12,14)/b10-4+,11-5+. The van der Waals surface area contributed by atoms with E-state index in [-0.39, 0.29) is 0 Å². The largest absolute Gasteiger partial charge is 0.364 e. The van der Waals surface area contributed by atoms with Gasteiger partial charge in [-0.3, -0.25) is 15.8 Å². The predicted molar refractivity (Wildman–Crippen MR) is 71.8 cm³/mol. The van der Waals surface area contributed by atoms with Gasteiger partial charge in [-0.2, -0.15) is 10.2 Å². The van der Waals surface area contributed by atoms with Gasteiger partial charge in [0.15, 0.2) is 10.3 Å². The molecule has 0 aromatic carbocycles. The first-order valence-corrected chi connectivity index (χ1v) is 5.67. The molecule has 0 aromatic rings. The zero-order valence-corrected chi connectivity index (χ0v) is 10.4. The normalized spacial score (nSPS) is 12.1. The minimum absolute atomic E-state index is 0.451. The molecule has 8 heteroatoms. The molecule has 0 unspecified atom stereocenters. The first-order chi connectivity index (χ1) is 7.24. The SMILES string of the molecule is CN=C(N/N=C/C=N/NC(=S)NC)SC. The first kappa shape index (κ1) is 13.8. The predicted octanol–water partition coefficient (Wildman–Crippen LogP) is -0.00970. The van der Waals surface area contributed by atoms with Crippen LogP contribution < -0.4 is 16.2 Å². The Morgan fingerprint density at radius 3 is 2.33 bits per heavy atom. The molecule has 0 aliphatic heterocycles. The summed E-state index contributed by atoms with van der Waals surface area (Å²) in [7, 11) is 3.40. The summed E-state index contributed by atoms with van der Waals surface area (Å²) in [6.07, 6.45) is 4.88. The highest BCUT2D eigenvalue weighted by Gasteiger charge is 1.87. The van der Waals surface area contributed by atoms with Crippen molar-refractivity contribution >= 4 is 46.7 Å². The Bertz CT molecular complexity index is 273. The van der Waals surface area contributed by atoms with Crippen LogP contribution in [0.5, 0.6) is 0 Å². The van der Waals surface area contributed by atoms with Crippen LogP contribution in [0.1, 0.15) is 0 Å². The summed E-state index contributed by atoms with van der Waals surface area (Å²) in [5.74, 6) is 0. The lowest BCUT2D eigenvalue weighted by Gasteiger charge is -1.98. The van der Waals surface area contributed by atoms with Crippen molar-refractivity contribution in [1.82, 2.24) is 16.2 Å². The van der Waals surface area contributed by atoms with Gasteiger partial charge in [0.2, 0.25) is 0 Å². The van der Waals surface area contributed by atoms with E-state index in [1.165, 1.54) is 24.2 Å². The molecule has 0 heterocycles. The molecule has 0 aliphatic carbocycles. The number of aliphatic imine (C=N–C) groups is 1. The number of hydrazone groups is 2. The Labute approximate surface area is 98.7 Å². The lowest BCUT2D eigenvalue weighted by Crippen LogP contribution is -2.28. The van der Waals surface area contributed by atoms with E-state index in [0.717, 1.165) is 5.17 Å². The van der Waals surface area contributed by atoms with Crippen LogP contribution in [0.2, 0.25) is 0 Å². The fraction of sp³-hybridized carbons (Fsp3) is 0.429. The Kier molecular flexibility index (Phi) is 8.69. The average molecular weight is 246 g/mol. The Morgan fingerprint density at radius 1 is 1.27 bits per heavy atom. The molecular formula is C7H14N6S2. The zero-order valence-electron chi connectivity index (χ0n) is 8.81. The molecule has 0 amide bonds. The number of thioether (sulfide) groups is 1. The number of amidine groups is 1. The van der Waals surface area contributed by atoms with Crippen molar-refractivity contribution in [2.45, 2.75) is 0 Å². The lowest BCUT2D eigenvalue weighted by molar-refractivity contribution is 0.983. The van der Waals surface area contributed by atoms with Crippen LogP contribution in [-0.4, -0.2) is 43.1 Å². The Morgan fingerprint density at radius 2 is 1.87 bits per heavy atom. The van der Waals surface area contributed by atoms with Gasteiger partial charge in [0.1, 0.15) is 0 Å². The topological polar surface area (TPSA) is 73.2 Å². The van der Waals surface area contributed by atoms with Gasteiger partial charge in [0.25, 0.3) is 0 Å². The molecule has 0 spiro atoms. The summed E-state index contributed by atoms with van der Waals surface area (Å²) in [5.41, 5.74) is 5.32. The number of thiocarbonyl (C=S) groups is 1. The lowest BCUT2D eigenvalue weighted by atomic mass is 10.8. The Hall–Kier alpha value is -1.15. The third-order valence-electron chi connectivity index (χ3n) is 1.17. The number of nitrogens with zero attached hydrogens (tertiary/aromatic N) is 3. The number of hydrogen-bond acceptors (Lipinski definition) is 5. The van der Waals surface area contributed by atoms with Gasteiger partial charge in [0, 0.05) is 14.1 Å². The van der Waals surface area contributed by atoms with Crippen LogP contribution in [0.3, 0.4) is 0 Å². The molecule has 15 heavy (non-hydrogen) atoms. The molecule has 0 fully saturated rings. The summed E-state index contributed by atoms with van der Waals surface area (Å²) in [6.45, 7) is 0. The summed E-state index contributed by atoms with van der Waals surface area (Å²) < 4.78 is 0. The fourth-order valence-corrected chi connectivity index (χ4v) is 0.877. The smallest absolute Gasteiger partial charge is 0.186 e. The minimum atomic E-state index is 0.451. The number of nitrogens with one attached hydrogen (secondary N) is 3. The summed E-state index contributed by atoms with van der Waals surface area (Å²) >= 11 is 6.27. The van der Waals surface area contributed by atoms with E-state index in [1.807, 2.05) is 6.26 Å². The molecule has 6 nitrogen and oxygen atoms in total. The number of hydrogen-bond donors (Lipinski definition) is 3. The summed E-state index contributed by atoms with van der Waals surface area (Å²) in [6, 6.07) is 0. The molecule has 0 radical (unpaired) electrons. The van der Waals surface area contributed by atoms with E-state index in [1.54, 1.807) is 14.1 Å². The van der Waals surface area contributed by atoms with Crippen molar-refractivity contribution in [3.05, 3.63) is 0 Å². The summed E-state index contributed by atoms with van der Waals surface area (Å²) in [5, 5.41) is 11.5. The molecule has 0 saturated carbocycles. The maximum Gasteiger partial charge on any atom is 0.186 e. The van der Waals surface area contributed by atoms with Crippen LogP contribution in [0.4, 0.5) is 0 Å². The quantitative estimate of drug-likeness (QED) is 0.283. The molecule has 3 N–H and O–H groups in total. The van der Waals surface area contributed by atoms with Gasteiger partial charge in [-0.25, -0.2) is 0 Å². The molecule has 0 atom stereocenters. The first-order valence-electron chi connectivity index (χ1n) is 4.03.